The summed E-state index contributed by atoms with van der Waals surface area (Å²) in [5.41, 5.74) is 0. The van der Waals surface area contributed by atoms with Gasteiger partial charge in [0.25, 0.3) is 0 Å². The third-order valence-corrected chi connectivity index (χ3v) is 4.62. The molecule has 29 heavy (non-hydrogen) atoms. The van der Waals surface area contributed by atoms with Crippen LogP contribution in [0.1, 0.15) is 62.3 Å². The van der Waals surface area contributed by atoms with Crippen molar-refractivity contribution in [3.05, 3.63) is 0 Å². The van der Waals surface area contributed by atoms with Gasteiger partial charge in [0.1, 0.15) is 0 Å². The molecule has 0 saturated carbocycles. The molecule has 0 bridgehead atoms. The van der Waals surface area contributed by atoms with Gasteiger partial charge < -0.3 is 24.3 Å². The summed E-state index contributed by atoms with van der Waals surface area (Å²) in [7, 11) is -4.82. The second-order valence-electron chi connectivity index (χ2n) is 5.71. The highest BCUT2D eigenvalue weighted by Crippen LogP contribution is 2.35. The van der Waals surface area contributed by atoms with E-state index in [9.17, 15) is 9.36 Å². The van der Waals surface area contributed by atoms with Gasteiger partial charge in [0.15, 0.2) is 0 Å². The molecule has 0 saturated heterocycles. The maximum absolute atomic E-state index is 9.53. The van der Waals surface area contributed by atoms with Crippen molar-refractivity contribution in [3.8, 4) is 0 Å². The van der Waals surface area contributed by atoms with Crippen LogP contribution in [0.5, 0.6) is 0 Å². The van der Waals surface area contributed by atoms with Crippen LogP contribution in [0.3, 0.4) is 0 Å². The van der Waals surface area contributed by atoms with Crippen LogP contribution in [0.15, 0.2) is 0 Å². The van der Waals surface area contributed by atoms with E-state index in [0.717, 1.165) is 0 Å². The van der Waals surface area contributed by atoms with Gasteiger partial charge >= 0.3 is 14.0 Å². The van der Waals surface area contributed by atoms with Crippen LogP contribution in [0, 0.1) is 0 Å². The van der Waals surface area contributed by atoms with E-state index < -0.39 is 14.0 Å². The first-order chi connectivity index (χ1) is 13.5. The summed E-state index contributed by atoms with van der Waals surface area (Å²) in [6.07, 6.45) is -1.99. The summed E-state index contributed by atoms with van der Waals surface area (Å²) in [6, 6.07) is 0. The Morgan fingerprint density at radius 2 is 0.793 bits per heavy atom. The third-order valence-electron chi connectivity index (χ3n) is 4.22. The summed E-state index contributed by atoms with van der Waals surface area (Å²) in [5.74, 6) is 0. The van der Waals surface area contributed by atoms with E-state index in [4.69, 9.17) is 14.9 Å². The number of hydrogen-bond acceptors (Lipinski definition) is 6. The Balaban J connectivity index is -0.000000144. The minimum atomic E-state index is -4.82. The Hall–Kier alpha value is -0.700. The average Bonchev–Trinajstić information content (AvgIpc) is 2.65. The van der Waals surface area contributed by atoms with Crippen molar-refractivity contribution in [2.45, 2.75) is 62.3 Å². The van der Waals surface area contributed by atoms with Crippen LogP contribution in [0.25, 0.3) is 0 Å². The molecule has 3 N–H and O–H groups in total. The van der Waals surface area contributed by atoms with Gasteiger partial charge in [-0.1, -0.05) is 62.3 Å². The van der Waals surface area contributed by atoms with Crippen molar-refractivity contribution in [2.24, 2.45) is 0 Å². The Bertz CT molecular complexity index is 326. The summed E-state index contributed by atoms with van der Waals surface area (Å²) < 4.78 is 12.6. The smallest absolute Gasteiger partial charge is 0.449 e. The Kier molecular flexibility index (Phi) is 31.2. The molecule has 0 radical (unpaired) electrons. The van der Waals surface area contributed by atoms with E-state index in [0.29, 0.717) is 0 Å². The van der Waals surface area contributed by atoms with Crippen molar-refractivity contribution in [1.29, 1.82) is 0 Å². The topological polar surface area (TPSA) is 114 Å². The standard InChI is InChI=1S/3C6H15N.CH3O6P/c3*1-4-7(5-2)6-3;2-1(3)7-8(4,5)6/h3*4-6H2,1-3H3;(H,2,3)(H2,4,5,6). The van der Waals surface area contributed by atoms with Gasteiger partial charge in [0.2, 0.25) is 0 Å². The highest BCUT2D eigenvalue weighted by molar-refractivity contribution is 7.46. The van der Waals surface area contributed by atoms with Crippen molar-refractivity contribution < 1.29 is 28.8 Å². The number of carboxylic acid groups (broad SMARTS) is 1. The van der Waals surface area contributed by atoms with E-state index in [-0.39, 0.29) is 0 Å². The molecule has 0 aromatic heterocycles. The first-order valence-corrected chi connectivity index (χ1v) is 12.1. The lowest BCUT2D eigenvalue weighted by molar-refractivity contribution is 0.126. The molecule has 0 heterocycles. The highest BCUT2D eigenvalue weighted by Gasteiger charge is 2.18. The Labute approximate surface area is 179 Å². The van der Waals surface area contributed by atoms with Gasteiger partial charge in [-0.25, -0.2) is 9.36 Å². The largest absolute Gasteiger partial charge is 0.529 e. The first-order valence-electron chi connectivity index (χ1n) is 10.6. The summed E-state index contributed by atoms with van der Waals surface area (Å²) >= 11 is 0. The van der Waals surface area contributed by atoms with E-state index >= 15 is 0 Å². The second kappa shape index (κ2) is 25.3. The molecule has 0 spiro atoms. The molecule has 0 unspecified atom stereocenters. The number of hydrogen-bond donors (Lipinski definition) is 3. The quantitative estimate of drug-likeness (QED) is 0.432. The number of phosphoric ester groups is 1. The molecule has 0 rings (SSSR count). The maximum Gasteiger partial charge on any atom is 0.529 e. The van der Waals surface area contributed by atoms with Crippen molar-refractivity contribution in [3.63, 3.8) is 0 Å². The highest BCUT2D eigenvalue weighted by atomic mass is 31.2. The number of nitrogens with zero attached hydrogens (tertiary/aromatic N) is 3. The Morgan fingerprint density at radius 1 is 0.621 bits per heavy atom. The monoisotopic (exact) mass is 445 g/mol. The van der Waals surface area contributed by atoms with Gasteiger partial charge in [-0.2, -0.15) is 0 Å². The number of rotatable bonds is 10. The van der Waals surface area contributed by atoms with E-state index in [2.05, 4.69) is 81.5 Å². The van der Waals surface area contributed by atoms with Gasteiger partial charge in [-0.3, -0.25) is 9.79 Å². The minimum absolute atomic E-state index is 1.19. The summed E-state index contributed by atoms with van der Waals surface area (Å²) in [4.78, 5) is 31.8. The molecule has 9 nitrogen and oxygen atoms in total. The number of phosphoric acid groups is 1. The van der Waals surface area contributed by atoms with Crippen LogP contribution >= 0.6 is 7.82 Å². The average molecular weight is 446 g/mol. The summed E-state index contributed by atoms with van der Waals surface area (Å²) in [5, 5.41) is 7.53. The zero-order valence-corrected chi connectivity index (χ0v) is 21.1. The minimum Gasteiger partial charge on any atom is -0.449 e. The Morgan fingerprint density at radius 3 is 0.793 bits per heavy atom. The molecule has 0 aromatic rings. The van der Waals surface area contributed by atoms with Gasteiger partial charge in [-0.15, -0.1) is 0 Å². The van der Waals surface area contributed by atoms with Crippen molar-refractivity contribution in [2.75, 3.05) is 58.9 Å². The number of carbonyl (C=O) groups is 1. The van der Waals surface area contributed by atoms with E-state index in [1.807, 2.05) is 0 Å². The van der Waals surface area contributed by atoms with Crippen LogP contribution in [-0.4, -0.2) is 94.7 Å². The molecule has 0 aliphatic carbocycles. The maximum atomic E-state index is 9.53. The van der Waals surface area contributed by atoms with Crippen LogP contribution in [0.2, 0.25) is 0 Å². The van der Waals surface area contributed by atoms with Gasteiger partial charge in [-0.05, 0) is 58.9 Å². The van der Waals surface area contributed by atoms with Crippen LogP contribution < -0.4 is 0 Å². The van der Waals surface area contributed by atoms with Crippen molar-refractivity contribution in [1.82, 2.24) is 14.7 Å². The van der Waals surface area contributed by atoms with E-state index in [1.165, 1.54) is 58.9 Å². The lowest BCUT2D eigenvalue weighted by Gasteiger charge is -2.13. The predicted molar refractivity (Wildman–Crippen MR) is 122 cm³/mol. The summed E-state index contributed by atoms with van der Waals surface area (Å²) in [6.45, 7) is 30.4. The first kappa shape index (κ1) is 35.7. The molecule has 0 aliphatic heterocycles. The van der Waals surface area contributed by atoms with Crippen LogP contribution in [0.4, 0.5) is 4.79 Å². The fraction of sp³-hybridized carbons (Fsp3) is 0.947. The molecular formula is C19H48N3O6P. The lowest BCUT2D eigenvalue weighted by Crippen LogP contribution is -2.21. The van der Waals surface area contributed by atoms with Crippen LogP contribution in [-0.2, 0) is 9.09 Å². The molecule has 0 atom stereocenters. The fourth-order valence-corrected chi connectivity index (χ4v) is 2.32. The predicted octanol–water partition coefficient (Wildman–Crippen LogP) is 3.82. The third kappa shape index (κ3) is 35.1. The lowest BCUT2D eigenvalue weighted by atomic mass is 10.5. The molecule has 0 amide bonds. The zero-order chi connectivity index (χ0) is 23.9. The molecule has 0 aromatic carbocycles. The molecule has 180 valence electrons. The normalized spacial score (nSPS) is 10.4. The molecule has 10 heteroatoms. The molecule has 0 fully saturated rings. The fourth-order valence-electron chi connectivity index (χ4n) is 2.11. The zero-order valence-electron chi connectivity index (χ0n) is 20.2. The van der Waals surface area contributed by atoms with E-state index in [1.54, 1.807) is 0 Å². The SMILES string of the molecule is CCN(CC)CC.CCN(CC)CC.CCN(CC)CC.O=C(O)OP(=O)(O)O. The molecule has 0 aliphatic rings. The van der Waals surface area contributed by atoms with Gasteiger partial charge in [0, 0.05) is 0 Å². The second-order valence-corrected chi connectivity index (χ2v) is 6.87. The molecular weight excluding hydrogens is 397 g/mol. The van der Waals surface area contributed by atoms with Gasteiger partial charge in [0.05, 0.1) is 0 Å². The van der Waals surface area contributed by atoms with Crippen molar-refractivity contribution >= 4 is 14.0 Å².